The number of aliphatic imine (C=N–C) groups is 1. The number of guanidine groups is 1. The van der Waals surface area contributed by atoms with Gasteiger partial charge in [-0.2, -0.15) is 5.26 Å². The summed E-state index contributed by atoms with van der Waals surface area (Å²) < 4.78 is 12.7. The average molecular weight is 458 g/mol. The van der Waals surface area contributed by atoms with Crippen molar-refractivity contribution >= 4 is 11.9 Å². The number of amides is 1. The summed E-state index contributed by atoms with van der Waals surface area (Å²) in [5.74, 6) is 1.26. The molecule has 6 rings (SSSR count). The third kappa shape index (κ3) is 3.26. The number of nitrogens with two attached hydrogens (primary N) is 1. The maximum Gasteiger partial charge on any atom is 0.262 e. The van der Waals surface area contributed by atoms with E-state index in [4.69, 9.17) is 20.2 Å². The third-order valence-electron chi connectivity index (χ3n) is 7.67. The molecular formula is C26H27N5O3. The number of rotatable bonds is 4. The first kappa shape index (κ1) is 21.1. The van der Waals surface area contributed by atoms with Crippen molar-refractivity contribution in [1.29, 1.82) is 5.26 Å². The highest BCUT2D eigenvalue weighted by Gasteiger charge is 2.61. The summed E-state index contributed by atoms with van der Waals surface area (Å²) >= 11 is 0. The summed E-state index contributed by atoms with van der Waals surface area (Å²) in [5.41, 5.74) is 7.91. The molecule has 2 aliphatic carbocycles. The van der Waals surface area contributed by atoms with Crippen LogP contribution in [0.4, 0.5) is 0 Å². The molecule has 1 aromatic heterocycles. The molecule has 0 saturated heterocycles. The van der Waals surface area contributed by atoms with Crippen LogP contribution in [0.15, 0.2) is 41.7 Å². The number of carbonyl (C=O) groups excluding carboxylic acids is 1. The van der Waals surface area contributed by atoms with Crippen LogP contribution in [0, 0.1) is 23.2 Å². The fourth-order valence-corrected chi connectivity index (χ4v) is 5.60. The van der Waals surface area contributed by atoms with Gasteiger partial charge < -0.3 is 15.2 Å². The van der Waals surface area contributed by atoms with Crippen molar-refractivity contribution in [2.45, 2.75) is 49.9 Å². The van der Waals surface area contributed by atoms with Crippen molar-refractivity contribution in [2.75, 3.05) is 13.7 Å². The smallest absolute Gasteiger partial charge is 0.262 e. The zero-order valence-electron chi connectivity index (χ0n) is 19.1. The molecule has 2 aliphatic heterocycles. The molecule has 8 heteroatoms. The lowest BCUT2D eigenvalue weighted by molar-refractivity contribution is -0.139. The lowest BCUT2D eigenvalue weighted by Crippen LogP contribution is -2.55. The topological polar surface area (TPSA) is 114 Å². The van der Waals surface area contributed by atoms with Gasteiger partial charge in [-0.25, -0.2) is 4.99 Å². The van der Waals surface area contributed by atoms with E-state index in [1.807, 2.05) is 18.2 Å². The van der Waals surface area contributed by atoms with Gasteiger partial charge in [0.15, 0.2) is 11.5 Å². The van der Waals surface area contributed by atoms with E-state index in [-0.39, 0.29) is 30.0 Å². The van der Waals surface area contributed by atoms with Gasteiger partial charge in [0.05, 0.1) is 11.7 Å². The quantitative estimate of drug-likeness (QED) is 0.755. The molecule has 3 heterocycles. The molecule has 2 aromatic rings. The second-order valence-electron chi connectivity index (χ2n) is 9.86. The van der Waals surface area contributed by atoms with Crippen LogP contribution in [0.25, 0.3) is 11.1 Å². The number of hydrogen-bond donors (Lipinski definition) is 1. The molecule has 1 spiro atoms. The summed E-state index contributed by atoms with van der Waals surface area (Å²) in [6.07, 6.45) is 8.10. The molecule has 0 radical (unpaired) electrons. The Morgan fingerprint density at radius 1 is 1.24 bits per heavy atom. The minimum absolute atomic E-state index is 0.0821. The number of aromatic nitrogens is 1. The molecule has 2 saturated carbocycles. The first-order chi connectivity index (χ1) is 16.5. The van der Waals surface area contributed by atoms with Gasteiger partial charge in [0.1, 0.15) is 17.9 Å². The Morgan fingerprint density at radius 3 is 2.82 bits per heavy atom. The van der Waals surface area contributed by atoms with Crippen molar-refractivity contribution < 1.29 is 14.3 Å². The Morgan fingerprint density at radius 2 is 2.09 bits per heavy atom. The number of nitrogens with zero attached hydrogens (tertiary/aromatic N) is 4. The van der Waals surface area contributed by atoms with Gasteiger partial charge in [-0.15, -0.1) is 0 Å². The molecule has 174 valence electrons. The number of fused-ring (bicyclic) bond motifs is 4. The van der Waals surface area contributed by atoms with Crippen molar-refractivity contribution in [3.63, 3.8) is 0 Å². The minimum Gasteiger partial charge on any atom is -0.490 e. The monoisotopic (exact) mass is 457 g/mol. The molecule has 4 aliphatic rings. The summed E-state index contributed by atoms with van der Waals surface area (Å²) in [7, 11) is 1.67. The molecule has 2 N–H and O–H groups in total. The number of pyridine rings is 1. The van der Waals surface area contributed by atoms with Crippen LogP contribution in [0.5, 0.6) is 5.75 Å². The number of nitriles is 1. The van der Waals surface area contributed by atoms with Crippen LogP contribution < -0.4 is 10.5 Å². The van der Waals surface area contributed by atoms with Gasteiger partial charge in [0.2, 0.25) is 0 Å². The maximum atomic E-state index is 13.8. The van der Waals surface area contributed by atoms with Crippen molar-refractivity contribution in [3.05, 3.63) is 47.8 Å². The zero-order chi connectivity index (χ0) is 23.4. The molecule has 2 fully saturated rings. The first-order valence-corrected chi connectivity index (χ1v) is 11.9. The number of benzene rings is 1. The van der Waals surface area contributed by atoms with E-state index >= 15 is 0 Å². The number of hydrogen-bond acceptors (Lipinski definition) is 7. The normalized spacial score (nSPS) is 29.8. The van der Waals surface area contributed by atoms with E-state index in [2.05, 4.69) is 11.1 Å². The fraction of sp³-hybridized carbons (Fsp3) is 0.462. The molecule has 1 aromatic carbocycles. The lowest BCUT2D eigenvalue weighted by atomic mass is 9.66. The summed E-state index contributed by atoms with van der Waals surface area (Å²) in [5, 5.41) is 9.29. The second kappa shape index (κ2) is 7.81. The fourth-order valence-electron chi connectivity index (χ4n) is 5.60. The molecule has 0 bridgehead atoms. The van der Waals surface area contributed by atoms with Gasteiger partial charge >= 0.3 is 0 Å². The number of likely N-dealkylation sites (N-methyl/N-ethyl adjacent to an activating group) is 1. The Hall–Kier alpha value is -3.44. The lowest BCUT2D eigenvalue weighted by Gasteiger charge is -2.47. The highest BCUT2D eigenvalue weighted by molar-refractivity contribution is 6.07. The van der Waals surface area contributed by atoms with Gasteiger partial charge in [0.25, 0.3) is 5.91 Å². The molecule has 3 unspecified atom stereocenters. The van der Waals surface area contributed by atoms with E-state index in [1.165, 1.54) is 23.9 Å². The van der Waals surface area contributed by atoms with Crippen molar-refractivity contribution in [1.82, 2.24) is 9.88 Å². The van der Waals surface area contributed by atoms with Crippen LogP contribution in [-0.2, 0) is 15.1 Å². The first-order valence-electron chi connectivity index (χ1n) is 11.9. The van der Waals surface area contributed by atoms with E-state index in [0.717, 1.165) is 30.6 Å². The Kier molecular flexibility index (Phi) is 4.85. The largest absolute Gasteiger partial charge is 0.490 e. The standard InChI is InChI=1S/C26H27N5O3/c1-31-24(32)26(30-25(31)28)20-9-17(18-8-16(11-27)12-29-13-18)4-6-22(20)34-23-7-5-19(10-21(23)26)33-14-15-2-3-15/h4,6,8-9,12-13,15,19,21,23H,2-3,5,7,10,14H2,1H3,(H2,28,30)/t19?,21-,23?,26?/m0/s1. The van der Waals surface area contributed by atoms with Crippen LogP contribution in [-0.4, -0.2) is 47.6 Å². The SMILES string of the molecule is CN1C(=O)C2(N=C1N)c1cc(-c3cncc(C#N)c3)ccc1OC1CCC(OCC3CC3)C[C@@H]12. The van der Waals surface area contributed by atoms with E-state index in [1.54, 1.807) is 19.3 Å². The van der Waals surface area contributed by atoms with Crippen LogP contribution in [0.2, 0.25) is 0 Å². The van der Waals surface area contributed by atoms with Crippen molar-refractivity contribution in [2.24, 2.45) is 22.6 Å². The molecule has 34 heavy (non-hydrogen) atoms. The molecule has 1 amide bonds. The zero-order valence-corrected chi connectivity index (χ0v) is 19.1. The molecular weight excluding hydrogens is 430 g/mol. The summed E-state index contributed by atoms with van der Waals surface area (Å²) in [6, 6.07) is 9.71. The minimum atomic E-state index is -1.14. The summed E-state index contributed by atoms with van der Waals surface area (Å²) in [6.45, 7) is 0.790. The highest BCUT2D eigenvalue weighted by Crippen LogP contribution is 2.54. The van der Waals surface area contributed by atoms with Gasteiger partial charge in [-0.1, -0.05) is 6.07 Å². The predicted octanol–water partition coefficient (Wildman–Crippen LogP) is 2.96. The number of carbonyl (C=O) groups is 1. The molecule has 8 nitrogen and oxygen atoms in total. The van der Waals surface area contributed by atoms with E-state index in [9.17, 15) is 10.1 Å². The van der Waals surface area contributed by atoms with Crippen molar-refractivity contribution in [3.8, 4) is 22.9 Å². The maximum absolute atomic E-state index is 13.8. The average Bonchev–Trinajstić information content (AvgIpc) is 3.67. The van der Waals surface area contributed by atoms with Crippen LogP contribution in [0.1, 0.15) is 43.2 Å². The third-order valence-corrected chi connectivity index (χ3v) is 7.67. The summed E-state index contributed by atoms with van der Waals surface area (Å²) in [4.78, 5) is 24.3. The molecule has 4 atom stereocenters. The van der Waals surface area contributed by atoms with E-state index < -0.39 is 5.54 Å². The van der Waals surface area contributed by atoms with E-state index in [0.29, 0.717) is 29.2 Å². The second-order valence-corrected chi connectivity index (χ2v) is 9.86. The van der Waals surface area contributed by atoms with Gasteiger partial charge in [-0.05, 0) is 61.8 Å². The van der Waals surface area contributed by atoms with Gasteiger partial charge in [-0.3, -0.25) is 14.7 Å². The van der Waals surface area contributed by atoms with Gasteiger partial charge in [0, 0.05) is 43.1 Å². The highest BCUT2D eigenvalue weighted by atomic mass is 16.5. The predicted molar refractivity (Wildman–Crippen MR) is 125 cm³/mol. The number of ether oxygens (including phenoxy) is 2. The van der Waals surface area contributed by atoms with Crippen LogP contribution in [0.3, 0.4) is 0 Å². The van der Waals surface area contributed by atoms with Crippen LogP contribution >= 0.6 is 0 Å². The Labute approximate surface area is 198 Å². The Bertz CT molecular complexity index is 1230. The Balaban J connectivity index is 1.44.